The summed E-state index contributed by atoms with van der Waals surface area (Å²) in [5.74, 6) is 0.764. The van der Waals surface area contributed by atoms with Gasteiger partial charge >= 0.3 is 0 Å². The lowest BCUT2D eigenvalue weighted by atomic mass is 9.80. The highest BCUT2D eigenvalue weighted by Gasteiger charge is 2.30. The van der Waals surface area contributed by atoms with Crippen molar-refractivity contribution in [3.63, 3.8) is 0 Å². The molecule has 1 aliphatic carbocycles. The van der Waals surface area contributed by atoms with Crippen molar-refractivity contribution in [3.05, 3.63) is 72.6 Å². The minimum absolute atomic E-state index is 0.234. The summed E-state index contributed by atoms with van der Waals surface area (Å²) in [5.41, 5.74) is 9.24. The van der Waals surface area contributed by atoms with Crippen molar-refractivity contribution < 1.29 is 9.50 Å². The van der Waals surface area contributed by atoms with Crippen LogP contribution in [0.5, 0.6) is 0 Å². The number of nitrogen functional groups attached to an aromatic ring is 1. The lowest BCUT2D eigenvalue weighted by Gasteiger charge is -2.30. The summed E-state index contributed by atoms with van der Waals surface area (Å²) >= 11 is 0. The van der Waals surface area contributed by atoms with Gasteiger partial charge in [-0.3, -0.25) is 0 Å². The molecular formula is C25H21FN6O. The maximum absolute atomic E-state index is 15.9. The van der Waals surface area contributed by atoms with Gasteiger partial charge in [0.15, 0.2) is 11.6 Å². The highest BCUT2D eigenvalue weighted by molar-refractivity contribution is 5.91. The molecule has 3 N–H and O–H groups in total. The number of hydrogen-bond acceptors (Lipinski definition) is 6. The third-order valence-electron chi connectivity index (χ3n) is 6.34. The number of rotatable bonds is 4. The Bertz CT molecular complexity index is 1490. The van der Waals surface area contributed by atoms with Gasteiger partial charge in [-0.05, 0) is 30.9 Å². The van der Waals surface area contributed by atoms with E-state index in [9.17, 15) is 5.11 Å². The molecule has 3 heterocycles. The van der Waals surface area contributed by atoms with Crippen LogP contribution in [0.25, 0.3) is 38.9 Å². The Morgan fingerprint density at radius 1 is 1.03 bits per heavy atom. The van der Waals surface area contributed by atoms with Gasteiger partial charge in [0, 0.05) is 22.9 Å². The molecule has 0 spiro atoms. The first-order valence-electron chi connectivity index (χ1n) is 10.9. The van der Waals surface area contributed by atoms with Gasteiger partial charge in [0.2, 0.25) is 0 Å². The van der Waals surface area contributed by atoms with Crippen LogP contribution in [0.3, 0.4) is 0 Å². The molecule has 0 aliphatic heterocycles. The molecule has 8 heteroatoms. The van der Waals surface area contributed by atoms with Crippen LogP contribution >= 0.6 is 0 Å². The molecule has 0 unspecified atom stereocenters. The average molecular weight is 440 g/mol. The number of aliphatic hydroxyl groups is 1. The number of pyridine rings is 1. The molecule has 0 radical (unpaired) electrons. The average Bonchev–Trinajstić information content (AvgIpc) is 3.18. The molecule has 7 nitrogen and oxygen atoms in total. The van der Waals surface area contributed by atoms with Crippen molar-refractivity contribution in [2.24, 2.45) is 5.92 Å². The molecule has 0 bridgehead atoms. The number of hydrogen-bond donors (Lipinski definition) is 2. The number of aromatic nitrogens is 5. The Kier molecular flexibility index (Phi) is 4.55. The molecular weight excluding hydrogens is 419 g/mol. The summed E-state index contributed by atoms with van der Waals surface area (Å²) < 4.78 is 17.5. The number of fused-ring (bicyclic) bond motifs is 2. The van der Waals surface area contributed by atoms with Gasteiger partial charge in [-0.1, -0.05) is 42.5 Å². The fourth-order valence-electron chi connectivity index (χ4n) is 4.57. The van der Waals surface area contributed by atoms with Crippen LogP contribution < -0.4 is 5.73 Å². The largest absolute Gasteiger partial charge is 0.393 e. The summed E-state index contributed by atoms with van der Waals surface area (Å²) in [4.78, 5) is 13.5. The quantitative estimate of drug-likeness (QED) is 0.437. The molecule has 6 rings (SSSR count). The normalized spacial score (nSPS) is 18.0. The second kappa shape index (κ2) is 7.60. The van der Waals surface area contributed by atoms with Gasteiger partial charge in [-0.25, -0.2) is 23.9 Å². The molecule has 33 heavy (non-hydrogen) atoms. The predicted molar refractivity (Wildman–Crippen MR) is 124 cm³/mol. The predicted octanol–water partition coefficient (Wildman–Crippen LogP) is 4.04. The summed E-state index contributed by atoms with van der Waals surface area (Å²) in [7, 11) is 0. The van der Waals surface area contributed by atoms with Gasteiger partial charge < -0.3 is 10.8 Å². The van der Waals surface area contributed by atoms with Crippen molar-refractivity contribution in [1.82, 2.24) is 24.6 Å². The van der Waals surface area contributed by atoms with Gasteiger partial charge in [0.25, 0.3) is 0 Å². The second-order valence-corrected chi connectivity index (χ2v) is 8.54. The van der Waals surface area contributed by atoms with Crippen LogP contribution in [-0.4, -0.2) is 35.8 Å². The number of aliphatic hydroxyl groups excluding tert-OH is 1. The van der Waals surface area contributed by atoms with E-state index in [0.29, 0.717) is 46.0 Å². The molecule has 164 valence electrons. The first-order chi connectivity index (χ1) is 16.1. The zero-order valence-electron chi connectivity index (χ0n) is 17.7. The minimum Gasteiger partial charge on any atom is -0.393 e. The van der Waals surface area contributed by atoms with E-state index in [1.165, 1.54) is 6.33 Å². The van der Waals surface area contributed by atoms with Crippen LogP contribution in [0, 0.1) is 11.7 Å². The van der Waals surface area contributed by atoms with Crippen LogP contribution in [-0.2, 0) is 6.42 Å². The maximum atomic E-state index is 15.9. The third-order valence-corrected chi connectivity index (χ3v) is 6.34. The summed E-state index contributed by atoms with van der Waals surface area (Å²) in [5, 5.41) is 14.7. The Morgan fingerprint density at radius 3 is 2.61 bits per heavy atom. The topological polar surface area (TPSA) is 102 Å². The summed E-state index contributed by atoms with van der Waals surface area (Å²) in [6.45, 7) is 0. The minimum atomic E-state index is -0.459. The molecule has 0 saturated heterocycles. The number of imidazole rings is 1. The van der Waals surface area contributed by atoms with E-state index in [-0.39, 0.29) is 17.4 Å². The van der Waals surface area contributed by atoms with E-state index in [0.717, 1.165) is 18.4 Å². The Balaban J connectivity index is 1.51. The van der Waals surface area contributed by atoms with Crippen LogP contribution in [0.1, 0.15) is 18.7 Å². The number of benzene rings is 2. The van der Waals surface area contributed by atoms with Crippen molar-refractivity contribution in [1.29, 1.82) is 0 Å². The number of nitrogens with zero attached hydrogens (tertiary/aromatic N) is 5. The number of anilines is 1. The van der Waals surface area contributed by atoms with E-state index in [1.807, 2.05) is 48.5 Å². The highest BCUT2D eigenvalue weighted by atomic mass is 19.1. The first kappa shape index (κ1) is 19.8. The van der Waals surface area contributed by atoms with Gasteiger partial charge in [-0.2, -0.15) is 5.10 Å². The van der Waals surface area contributed by atoms with E-state index in [4.69, 9.17) is 10.7 Å². The van der Waals surface area contributed by atoms with Crippen LogP contribution in [0.15, 0.2) is 60.9 Å². The van der Waals surface area contributed by atoms with Crippen LogP contribution in [0.4, 0.5) is 10.2 Å². The lowest BCUT2D eigenvalue weighted by molar-refractivity contribution is 0.0422. The zero-order chi connectivity index (χ0) is 22.5. The zero-order valence-corrected chi connectivity index (χ0v) is 17.7. The van der Waals surface area contributed by atoms with Crippen molar-refractivity contribution in [2.45, 2.75) is 25.4 Å². The Hall–Kier alpha value is -3.91. The van der Waals surface area contributed by atoms with E-state index in [2.05, 4.69) is 15.1 Å². The first-order valence-corrected chi connectivity index (χ1v) is 10.9. The molecule has 1 aliphatic rings. The smallest absolute Gasteiger partial charge is 0.158 e. The van der Waals surface area contributed by atoms with E-state index < -0.39 is 5.82 Å². The summed E-state index contributed by atoms with van der Waals surface area (Å²) in [6, 6.07) is 17.0. The van der Waals surface area contributed by atoms with E-state index in [1.54, 1.807) is 10.6 Å². The van der Waals surface area contributed by atoms with Crippen molar-refractivity contribution in [3.8, 4) is 22.5 Å². The molecule has 3 aromatic heterocycles. The standard InChI is InChI=1S/C25H21FN6O/c26-21-18(8-6-16-7-9-19(30-22(16)21)15-4-2-1-3-5-15)23-24-25(27)28-13-29-32(24)20(31-23)12-14-10-17(33)11-14/h1-9,13-14,17,33H,10-12H2,(H2,27,28,29). The molecule has 2 aromatic carbocycles. The molecule has 1 saturated carbocycles. The van der Waals surface area contributed by atoms with Crippen molar-refractivity contribution >= 4 is 22.2 Å². The fraction of sp³-hybridized carbons (Fsp3) is 0.200. The highest BCUT2D eigenvalue weighted by Crippen LogP contribution is 2.35. The number of halogens is 1. The lowest BCUT2D eigenvalue weighted by Crippen LogP contribution is -2.30. The van der Waals surface area contributed by atoms with Crippen molar-refractivity contribution in [2.75, 3.05) is 5.73 Å². The maximum Gasteiger partial charge on any atom is 0.158 e. The van der Waals surface area contributed by atoms with Gasteiger partial charge in [-0.15, -0.1) is 0 Å². The van der Waals surface area contributed by atoms with Gasteiger partial charge in [0.1, 0.15) is 28.9 Å². The summed E-state index contributed by atoms with van der Waals surface area (Å²) in [6.07, 6.45) is 3.18. The second-order valence-electron chi connectivity index (χ2n) is 8.54. The Labute approximate surface area is 188 Å². The third kappa shape index (κ3) is 3.30. The molecule has 0 atom stereocenters. The Morgan fingerprint density at radius 2 is 1.82 bits per heavy atom. The van der Waals surface area contributed by atoms with Gasteiger partial charge in [0.05, 0.1) is 11.8 Å². The van der Waals surface area contributed by atoms with E-state index >= 15 is 4.39 Å². The molecule has 5 aromatic rings. The number of nitrogens with two attached hydrogens (primary N) is 1. The molecule has 1 fully saturated rings. The fourth-order valence-corrected chi connectivity index (χ4v) is 4.57. The monoisotopic (exact) mass is 440 g/mol. The molecule has 0 amide bonds. The SMILES string of the molecule is Nc1ncnn2c(CC3CC(O)C3)nc(-c3ccc4ccc(-c5ccccc5)nc4c3F)c12. The van der Waals surface area contributed by atoms with Crippen LogP contribution in [0.2, 0.25) is 0 Å².